The van der Waals surface area contributed by atoms with Crippen molar-refractivity contribution in [1.82, 2.24) is 30.9 Å². The van der Waals surface area contributed by atoms with Crippen molar-refractivity contribution in [2.45, 2.75) is 19.9 Å². The fourth-order valence-corrected chi connectivity index (χ4v) is 1.43. The molecule has 1 rings (SSSR count). The van der Waals surface area contributed by atoms with Gasteiger partial charge in [0, 0.05) is 26.1 Å². The van der Waals surface area contributed by atoms with Gasteiger partial charge in [0.05, 0.1) is 12.7 Å². The molecule has 3 amide bonds. The molecule has 21 heavy (non-hydrogen) atoms. The van der Waals surface area contributed by atoms with Crippen LogP contribution in [0.4, 0.5) is 4.79 Å². The van der Waals surface area contributed by atoms with E-state index in [1.807, 2.05) is 6.92 Å². The van der Waals surface area contributed by atoms with Gasteiger partial charge in [0.2, 0.25) is 5.91 Å². The summed E-state index contributed by atoms with van der Waals surface area (Å²) >= 11 is 0. The SMILES string of the molecule is CCNC(=O)CCNC(=O)NCCn1cc(C(=O)O)nn1. The van der Waals surface area contributed by atoms with E-state index in [1.54, 1.807) is 0 Å². The number of aromatic carboxylic acids is 1. The largest absolute Gasteiger partial charge is 0.476 e. The molecule has 116 valence electrons. The first kappa shape index (κ1) is 16.4. The highest BCUT2D eigenvalue weighted by Crippen LogP contribution is 1.91. The molecule has 0 aliphatic rings. The summed E-state index contributed by atoms with van der Waals surface area (Å²) in [6.07, 6.45) is 1.49. The Kier molecular flexibility index (Phi) is 6.65. The second kappa shape index (κ2) is 8.51. The zero-order valence-corrected chi connectivity index (χ0v) is 11.6. The Balaban J connectivity index is 2.15. The van der Waals surface area contributed by atoms with Gasteiger partial charge in [-0.25, -0.2) is 14.3 Å². The van der Waals surface area contributed by atoms with Crippen LogP contribution in [0.1, 0.15) is 23.8 Å². The summed E-state index contributed by atoms with van der Waals surface area (Å²) in [5, 5.41) is 23.4. The predicted octanol–water partition coefficient (Wildman–Crippen LogP) is -1.20. The van der Waals surface area contributed by atoms with Crippen molar-refractivity contribution in [3.05, 3.63) is 11.9 Å². The standard InChI is InChI=1S/C11H18N6O4/c1-2-12-9(18)3-4-13-11(21)14-5-6-17-7-8(10(19)20)15-16-17/h7H,2-6H2,1H3,(H,12,18)(H,19,20)(H2,13,14,21). The first-order valence-corrected chi connectivity index (χ1v) is 6.44. The number of nitrogens with zero attached hydrogens (tertiary/aromatic N) is 3. The van der Waals surface area contributed by atoms with Crippen molar-refractivity contribution in [2.75, 3.05) is 19.6 Å². The first-order chi connectivity index (χ1) is 10.0. The minimum atomic E-state index is -1.16. The molecule has 1 heterocycles. The Morgan fingerprint density at radius 1 is 1.24 bits per heavy atom. The maximum absolute atomic E-state index is 11.4. The lowest BCUT2D eigenvalue weighted by atomic mass is 10.4. The number of carbonyl (C=O) groups excluding carboxylic acids is 2. The third-order valence-corrected chi connectivity index (χ3v) is 2.40. The van der Waals surface area contributed by atoms with Crippen LogP contribution in [0.2, 0.25) is 0 Å². The van der Waals surface area contributed by atoms with Crippen LogP contribution in [0, 0.1) is 0 Å². The molecule has 0 unspecified atom stereocenters. The van der Waals surface area contributed by atoms with Gasteiger partial charge < -0.3 is 21.1 Å². The first-order valence-electron chi connectivity index (χ1n) is 6.44. The Hall–Kier alpha value is -2.65. The number of rotatable bonds is 8. The number of urea groups is 1. The number of aromatic nitrogens is 3. The van der Waals surface area contributed by atoms with Gasteiger partial charge in [-0.15, -0.1) is 5.10 Å². The van der Waals surface area contributed by atoms with Gasteiger partial charge in [0.15, 0.2) is 5.69 Å². The lowest BCUT2D eigenvalue weighted by molar-refractivity contribution is -0.120. The molecule has 0 spiro atoms. The van der Waals surface area contributed by atoms with Crippen LogP contribution in [0.5, 0.6) is 0 Å². The van der Waals surface area contributed by atoms with Crippen LogP contribution in [-0.2, 0) is 11.3 Å². The average Bonchev–Trinajstić information content (AvgIpc) is 2.88. The van der Waals surface area contributed by atoms with Crippen LogP contribution in [0.25, 0.3) is 0 Å². The van der Waals surface area contributed by atoms with E-state index in [0.717, 1.165) is 0 Å². The molecule has 4 N–H and O–H groups in total. The van der Waals surface area contributed by atoms with E-state index >= 15 is 0 Å². The topological polar surface area (TPSA) is 138 Å². The van der Waals surface area contributed by atoms with Gasteiger partial charge in [0.1, 0.15) is 0 Å². The van der Waals surface area contributed by atoms with Gasteiger partial charge in [-0.1, -0.05) is 5.21 Å². The number of amides is 3. The Morgan fingerprint density at radius 2 is 1.95 bits per heavy atom. The number of hydrogen-bond donors (Lipinski definition) is 4. The second-order valence-electron chi connectivity index (χ2n) is 4.06. The fourth-order valence-electron chi connectivity index (χ4n) is 1.43. The van der Waals surface area contributed by atoms with Gasteiger partial charge in [-0.05, 0) is 6.92 Å². The summed E-state index contributed by atoms with van der Waals surface area (Å²) < 4.78 is 1.32. The van der Waals surface area contributed by atoms with E-state index < -0.39 is 12.0 Å². The molecule has 0 fully saturated rings. The number of carboxylic acid groups (broad SMARTS) is 1. The van der Waals surface area contributed by atoms with Crippen molar-refractivity contribution in [3.63, 3.8) is 0 Å². The molecule has 10 heteroatoms. The van der Waals surface area contributed by atoms with Crippen LogP contribution in [0.3, 0.4) is 0 Å². The maximum Gasteiger partial charge on any atom is 0.358 e. The molecular formula is C11H18N6O4. The molecule has 0 atom stereocenters. The molecule has 0 aliphatic carbocycles. The summed E-state index contributed by atoms with van der Waals surface area (Å²) in [6, 6.07) is -0.405. The number of hydrogen-bond acceptors (Lipinski definition) is 5. The molecule has 0 radical (unpaired) electrons. The molecular weight excluding hydrogens is 280 g/mol. The summed E-state index contributed by atoms with van der Waals surface area (Å²) in [7, 11) is 0. The molecule has 0 bridgehead atoms. The highest BCUT2D eigenvalue weighted by atomic mass is 16.4. The minimum absolute atomic E-state index is 0.124. The van der Waals surface area contributed by atoms with Gasteiger partial charge in [0.25, 0.3) is 0 Å². The van der Waals surface area contributed by atoms with Crippen molar-refractivity contribution in [3.8, 4) is 0 Å². The molecule has 10 nitrogen and oxygen atoms in total. The number of carboxylic acids is 1. The Labute approximate surface area is 120 Å². The number of carbonyl (C=O) groups is 3. The molecule has 0 aromatic carbocycles. The highest BCUT2D eigenvalue weighted by Gasteiger charge is 2.08. The minimum Gasteiger partial charge on any atom is -0.476 e. The Bertz CT molecular complexity index is 501. The summed E-state index contributed by atoms with van der Waals surface area (Å²) in [5.74, 6) is -1.28. The normalized spacial score (nSPS) is 9.95. The van der Waals surface area contributed by atoms with E-state index in [2.05, 4.69) is 26.3 Å². The van der Waals surface area contributed by atoms with E-state index in [-0.39, 0.29) is 31.1 Å². The summed E-state index contributed by atoms with van der Waals surface area (Å²) in [6.45, 7) is 3.17. The second-order valence-corrected chi connectivity index (χ2v) is 4.06. The van der Waals surface area contributed by atoms with Crippen molar-refractivity contribution < 1.29 is 19.5 Å². The Morgan fingerprint density at radius 3 is 2.57 bits per heavy atom. The molecule has 0 aliphatic heterocycles. The van der Waals surface area contributed by atoms with E-state index in [9.17, 15) is 14.4 Å². The van der Waals surface area contributed by atoms with E-state index in [0.29, 0.717) is 13.1 Å². The van der Waals surface area contributed by atoms with Crippen molar-refractivity contribution in [1.29, 1.82) is 0 Å². The van der Waals surface area contributed by atoms with Crippen LogP contribution in [-0.4, -0.2) is 57.6 Å². The van der Waals surface area contributed by atoms with Crippen LogP contribution in [0.15, 0.2) is 6.20 Å². The van der Waals surface area contributed by atoms with E-state index in [1.165, 1.54) is 10.9 Å². The smallest absolute Gasteiger partial charge is 0.358 e. The monoisotopic (exact) mass is 298 g/mol. The predicted molar refractivity (Wildman–Crippen MR) is 71.7 cm³/mol. The third kappa shape index (κ3) is 6.36. The molecule has 1 aromatic rings. The average molecular weight is 298 g/mol. The highest BCUT2D eigenvalue weighted by molar-refractivity contribution is 5.84. The summed E-state index contributed by atoms with van der Waals surface area (Å²) in [5.41, 5.74) is -0.151. The molecule has 1 aromatic heterocycles. The van der Waals surface area contributed by atoms with Crippen molar-refractivity contribution >= 4 is 17.9 Å². The lowest BCUT2D eigenvalue weighted by Crippen LogP contribution is -2.39. The van der Waals surface area contributed by atoms with Gasteiger partial charge >= 0.3 is 12.0 Å². The maximum atomic E-state index is 11.4. The zero-order valence-electron chi connectivity index (χ0n) is 11.6. The quantitative estimate of drug-likeness (QED) is 0.475. The van der Waals surface area contributed by atoms with Crippen molar-refractivity contribution in [2.24, 2.45) is 0 Å². The fraction of sp³-hybridized carbons (Fsp3) is 0.545. The van der Waals surface area contributed by atoms with Gasteiger partial charge in [-0.3, -0.25) is 4.79 Å². The lowest BCUT2D eigenvalue weighted by Gasteiger charge is -2.07. The van der Waals surface area contributed by atoms with E-state index in [4.69, 9.17) is 5.11 Å². The zero-order chi connectivity index (χ0) is 15.7. The third-order valence-electron chi connectivity index (χ3n) is 2.40. The van der Waals surface area contributed by atoms with Gasteiger partial charge in [-0.2, -0.15) is 0 Å². The molecule has 0 saturated carbocycles. The molecule has 0 saturated heterocycles. The van der Waals surface area contributed by atoms with Crippen LogP contribution >= 0.6 is 0 Å². The van der Waals surface area contributed by atoms with Crippen LogP contribution < -0.4 is 16.0 Å². The number of nitrogens with one attached hydrogen (secondary N) is 3. The summed E-state index contributed by atoms with van der Waals surface area (Å²) in [4.78, 5) is 33.1.